The van der Waals surface area contributed by atoms with Crippen LogP contribution in [0.15, 0.2) is 48.5 Å². The van der Waals surface area contributed by atoms with Crippen LogP contribution in [0.2, 0.25) is 5.02 Å². The Morgan fingerprint density at radius 3 is 2.54 bits per heavy atom. The van der Waals surface area contributed by atoms with Gasteiger partial charge in [0.25, 0.3) is 0 Å². The van der Waals surface area contributed by atoms with Gasteiger partial charge in [-0.2, -0.15) is 5.10 Å². The Morgan fingerprint density at radius 1 is 1.14 bits per heavy atom. The predicted molar refractivity (Wildman–Crippen MR) is 110 cm³/mol. The molecule has 0 amide bonds. The first-order valence-electron chi connectivity index (χ1n) is 8.83. The normalized spacial score (nSPS) is 16.2. The lowest BCUT2D eigenvalue weighted by atomic mass is 10.1. The molecular weight excluding hydrogens is 398 g/mol. The molecule has 6 nitrogen and oxygen atoms in total. The summed E-state index contributed by atoms with van der Waals surface area (Å²) in [7, 11) is -1.65. The number of fused-ring (bicyclic) bond motifs is 1. The van der Waals surface area contributed by atoms with Crippen LogP contribution in [-0.2, 0) is 22.9 Å². The summed E-state index contributed by atoms with van der Waals surface area (Å²) in [5.74, 6) is 0.713. The molecule has 4 rings (SSSR count). The van der Waals surface area contributed by atoms with Crippen LogP contribution in [0.3, 0.4) is 0 Å². The molecule has 8 heteroatoms. The van der Waals surface area contributed by atoms with E-state index in [-0.39, 0.29) is 6.04 Å². The Balaban J connectivity index is 1.85. The van der Waals surface area contributed by atoms with Gasteiger partial charge in [0, 0.05) is 28.6 Å². The molecule has 1 atom stereocenters. The second-order valence-electron chi connectivity index (χ2n) is 6.86. The number of sulfonamides is 1. The number of benzene rings is 2. The zero-order valence-electron chi connectivity index (χ0n) is 15.5. The summed E-state index contributed by atoms with van der Waals surface area (Å²) in [6.07, 6.45) is 2.30. The van der Waals surface area contributed by atoms with E-state index in [1.165, 1.54) is 6.26 Å². The number of ether oxygens (including phenoxy) is 1. The molecule has 0 spiro atoms. The van der Waals surface area contributed by atoms with Crippen LogP contribution in [-0.4, -0.2) is 37.6 Å². The highest BCUT2D eigenvalue weighted by molar-refractivity contribution is 7.88. The first-order chi connectivity index (χ1) is 13.4. The molecule has 1 aliphatic carbocycles. The highest BCUT2D eigenvalue weighted by Gasteiger charge is 2.32. The summed E-state index contributed by atoms with van der Waals surface area (Å²) in [6, 6.07) is 15.1. The maximum absolute atomic E-state index is 11.7. The summed E-state index contributed by atoms with van der Waals surface area (Å²) in [6.45, 7) is 0. The molecule has 1 unspecified atom stereocenters. The van der Waals surface area contributed by atoms with Crippen LogP contribution in [0, 0.1) is 0 Å². The lowest BCUT2D eigenvalue weighted by Gasteiger charge is -2.15. The molecule has 0 radical (unpaired) electrons. The zero-order valence-corrected chi connectivity index (χ0v) is 17.1. The largest absolute Gasteiger partial charge is 0.494 e. The van der Waals surface area contributed by atoms with Gasteiger partial charge < -0.3 is 4.74 Å². The maximum Gasteiger partial charge on any atom is 0.208 e. The van der Waals surface area contributed by atoms with E-state index in [0.29, 0.717) is 23.6 Å². The fourth-order valence-electron chi connectivity index (χ4n) is 3.70. The lowest BCUT2D eigenvalue weighted by Crippen LogP contribution is -2.34. The first kappa shape index (κ1) is 19.0. The third kappa shape index (κ3) is 3.65. The van der Waals surface area contributed by atoms with Crippen molar-refractivity contribution in [3.05, 3.63) is 64.8 Å². The van der Waals surface area contributed by atoms with Crippen molar-refractivity contribution in [2.75, 3.05) is 13.4 Å². The van der Waals surface area contributed by atoms with Crippen molar-refractivity contribution in [2.24, 2.45) is 0 Å². The number of nitrogens with one attached hydrogen (secondary N) is 1. The monoisotopic (exact) mass is 417 g/mol. The quantitative estimate of drug-likeness (QED) is 0.691. The van der Waals surface area contributed by atoms with E-state index in [2.05, 4.69) is 4.72 Å². The van der Waals surface area contributed by atoms with E-state index in [4.69, 9.17) is 21.4 Å². The van der Waals surface area contributed by atoms with Crippen LogP contribution in [0.25, 0.3) is 16.9 Å². The molecule has 1 aliphatic rings. The Bertz CT molecular complexity index is 1120. The van der Waals surface area contributed by atoms with Crippen LogP contribution in [0.4, 0.5) is 0 Å². The van der Waals surface area contributed by atoms with Gasteiger partial charge >= 0.3 is 0 Å². The number of halogens is 1. The van der Waals surface area contributed by atoms with Crippen molar-refractivity contribution in [3.8, 4) is 22.7 Å². The predicted octanol–water partition coefficient (Wildman–Crippen LogP) is 3.22. The summed E-state index contributed by atoms with van der Waals surface area (Å²) < 4.78 is 33.4. The standard InChI is InChI=1S/C20H20ClN3O3S/c1-27-19-6-4-3-5-18(19)24-20(13-7-9-14(21)10-8-13)16-11-15(12-17(16)22-24)23-28(2,25)26/h3-10,15,23H,11-12H2,1-2H3. The van der Waals surface area contributed by atoms with Crippen LogP contribution in [0.5, 0.6) is 5.75 Å². The van der Waals surface area contributed by atoms with Crippen molar-refractivity contribution in [3.63, 3.8) is 0 Å². The van der Waals surface area contributed by atoms with Gasteiger partial charge in [-0.05, 0) is 30.7 Å². The molecule has 0 bridgehead atoms. The van der Waals surface area contributed by atoms with Crippen molar-refractivity contribution in [2.45, 2.75) is 18.9 Å². The fourth-order valence-corrected chi connectivity index (χ4v) is 4.59. The molecule has 0 saturated carbocycles. The van der Waals surface area contributed by atoms with Crippen LogP contribution in [0.1, 0.15) is 11.3 Å². The minimum absolute atomic E-state index is 0.189. The van der Waals surface area contributed by atoms with Gasteiger partial charge in [0.05, 0.1) is 24.8 Å². The second kappa shape index (κ2) is 7.24. The minimum atomic E-state index is -3.28. The van der Waals surface area contributed by atoms with Gasteiger partial charge in [-0.1, -0.05) is 35.9 Å². The van der Waals surface area contributed by atoms with E-state index in [0.717, 1.165) is 28.2 Å². The van der Waals surface area contributed by atoms with Crippen molar-refractivity contribution >= 4 is 21.6 Å². The summed E-state index contributed by atoms with van der Waals surface area (Å²) in [4.78, 5) is 0. The molecule has 1 N–H and O–H groups in total. The average molecular weight is 418 g/mol. The average Bonchev–Trinajstić information content (AvgIpc) is 3.18. The molecule has 28 heavy (non-hydrogen) atoms. The Kier molecular flexibility index (Phi) is 4.91. The number of methoxy groups -OCH3 is 1. The molecule has 146 valence electrons. The van der Waals surface area contributed by atoms with E-state index in [1.807, 2.05) is 53.2 Å². The van der Waals surface area contributed by atoms with Gasteiger partial charge in [-0.15, -0.1) is 0 Å². The smallest absolute Gasteiger partial charge is 0.208 e. The first-order valence-corrected chi connectivity index (χ1v) is 11.1. The molecule has 0 aliphatic heterocycles. The topological polar surface area (TPSA) is 73.2 Å². The number of aromatic nitrogens is 2. The number of para-hydroxylation sites is 2. The number of nitrogens with zero attached hydrogens (tertiary/aromatic N) is 2. The van der Waals surface area contributed by atoms with Crippen molar-refractivity contribution in [1.29, 1.82) is 0 Å². The number of hydrogen-bond donors (Lipinski definition) is 1. The van der Waals surface area contributed by atoms with Gasteiger partial charge in [-0.25, -0.2) is 17.8 Å². The van der Waals surface area contributed by atoms with E-state index >= 15 is 0 Å². The fraction of sp³-hybridized carbons (Fsp3) is 0.250. The van der Waals surface area contributed by atoms with Gasteiger partial charge in [-0.3, -0.25) is 0 Å². The molecule has 3 aromatic rings. The third-order valence-corrected chi connectivity index (χ3v) is 5.78. The summed E-state index contributed by atoms with van der Waals surface area (Å²) in [5.41, 5.74) is 4.64. The van der Waals surface area contributed by atoms with E-state index < -0.39 is 10.0 Å². The molecule has 1 aromatic heterocycles. The number of rotatable bonds is 5. The molecular formula is C20H20ClN3O3S. The lowest BCUT2D eigenvalue weighted by molar-refractivity contribution is 0.411. The van der Waals surface area contributed by atoms with E-state index in [9.17, 15) is 8.42 Å². The van der Waals surface area contributed by atoms with Crippen LogP contribution >= 0.6 is 11.6 Å². The summed E-state index contributed by atoms with van der Waals surface area (Å²) >= 11 is 6.07. The molecule has 1 heterocycles. The van der Waals surface area contributed by atoms with Gasteiger partial charge in [0.1, 0.15) is 11.4 Å². The van der Waals surface area contributed by atoms with Crippen molar-refractivity contribution in [1.82, 2.24) is 14.5 Å². The highest BCUT2D eigenvalue weighted by Crippen LogP contribution is 2.37. The molecule has 2 aromatic carbocycles. The minimum Gasteiger partial charge on any atom is -0.494 e. The third-order valence-electron chi connectivity index (χ3n) is 4.77. The van der Waals surface area contributed by atoms with Crippen molar-refractivity contribution < 1.29 is 13.2 Å². The highest BCUT2D eigenvalue weighted by atomic mass is 35.5. The Morgan fingerprint density at radius 2 is 1.86 bits per heavy atom. The van der Waals surface area contributed by atoms with Crippen LogP contribution < -0.4 is 9.46 Å². The van der Waals surface area contributed by atoms with E-state index in [1.54, 1.807) is 7.11 Å². The SMILES string of the molecule is COc1ccccc1-n1nc2c(c1-c1ccc(Cl)cc1)CC(NS(C)(=O)=O)C2. The molecule has 0 fully saturated rings. The Labute approximate surface area is 169 Å². The summed E-state index contributed by atoms with van der Waals surface area (Å²) in [5, 5.41) is 5.47. The maximum atomic E-state index is 11.7. The van der Waals surface area contributed by atoms with Gasteiger partial charge in [0.2, 0.25) is 10.0 Å². The zero-order chi connectivity index (χ0) is 19.9. The number of hydrogen-bond acceptors (Lipinski definition) is 4. The van der Waals surface area contributed by atoms with Gasteiger partial charge in [0.15, 0.2) is 0 Å². The molecule has 0 saturated heterocycles. The Hall–Kier alpha value is -2.35. The second-order valence-corrected chi connectivity index (χ2v) is 9.08.